The van der Waals surface area contributed by atoms with Crippen LogP contribution >= 0.6 is 11.6 Å². The molecule has 6 heteroatoms. The van der Waals surface area contributed by atoms with Gasteiger partial charge in [0.15, 0.2) is 0 Å². The second kappa shape index (κ2) is 11.6. The maximum absolute atomic E-state index is 12.3. The third kappa shape index (κ3) is 6.18. The van der Waals surface area contributed by atoms with Crippen LogP contribution in [0.15, 0.2) is 103 Å². The summed E-state index contributed by atoms with van der Waals surface area (Å²) in [5.74, 6) is -0.0146. The standard InChI is InChI=1S/C30H31ClN4O/c1-21-25-10-5-8-13-29(25)35(20-26(21)22(2)33-24-17-15-23(31)16-18-24)19-9-3-4-14-30(36)34-28-12-7-6-11-27(28)32/h5-8,10-13,15-18,20,33H,1-4,9,14,19,32H2,(H,34,36). The highest BCUT2D eigenvalue weighted by molar-refractivity contribution is 6.30. The van der Waals surface area contributed by atoms with Crippen molar-refractivity contribution in [2.75, 3.05) is 27.8 Å². The topological polar surface area (TPSA) is 70.4 Å². The van der Waals surface area contributed by atoms with E-state index in [1.165, 1.54) is 0 Å². The monoisotopic (exact) mass is 498 g/mol. The SMILES string of the molecule is C=C(Nc1ccc(Cl)cc1)C1=CN(CCCCCC(=O)Nc2ccccc2N)c2ccccc2C1=C. The minimum absolute atomic E-state index is 0.0146. The van der Waals surface area contributed by atoms with Gasteiger partial charge in [0, 0.05) is 52.4 Å². The molecule has 0 atom stereocenters. The van der Waals surface area contributed by atoms with E-state index in [-0.39, 0.29) is 5.91 Å². The van der Waals surface area contributed by atoms with Crippen molar-refractivity contribution in [1.29, 1.82) is 0 Å². The van der Waals surface area contributed by atoms with E-state index < -0.39 is 0 Å². The van der Waals surface area contributed by atoms with Crippen molar-refractivity contribution in [2.24, 2.45) is 0 Å². The number of unbranched alkanes of at least 4 members (excludes halogenated alkanes) is 2. The maximum Gasteiger partial charge on any atom is 0.224 e. The van der Waals surface area contributed by atoms with Crippen LogP contribution in [0.5, 0.6) is 0 Å². The number of hydrogen-bond acceptors (Lipinski definition) is 4. The molecule has 1 heterocycles. The number of nitrogens with zero attached hydrogens (tertiary/aromatic N) is 1. The molecule has 184 valence electrons. The fourth-order valence-electron chi connectivity index (χ4n) is 4.22. The van der Waals surface area contributed by atoms with Gasteiger partial charge >= 0.3 is 0 Å². The minimum atomic E-state index is -0.0146. The first-order valence-corrected chi connectivity index (χ1v) is 12.4. The van der Waals surface area contributed by atoms with Crippen LogP contribution in [-0.4, -0.2) is 12.5 Å². The molecular formula is C30H31ClN4O. The van der Waals surface area contributed by atoms with Crippen molar-refractivity contribution in [3.8, 4) is 0 Å². The molecule has 0 aliphatic carbocycles. The Morgan fingerprint density at radius 1 is 0.917 bits per heavy atom. The Bertz CT molecular complexity index is 1300. The summed E-state index contributed by atoms with van der Waals surface area (Å²) < 4.78 is 0. The van der Waals surface area contributed by atoms with Crippen LogP contribution in [0.1, 0.15) is 31.2 Å². The smallest absolute Gasteiger partial charge is 0.224 e. The molecule has 0 radical (unpaired) electrons. The van der Waals surface area contributed by atoms with Gasteiger partial charge in [-0.3, -0.25) is 4.79 Å². The first-order chi connectivity index (χ1) is 17.4. The first kappa shape index (κ1) is 25.1. The fraction of sp³-hybridized carbons (Fsp3) is 0.167. The number of hydrogen-bond donors (Lipinski definition) is 3. The number of anilines is 4. The molecule has 4 rings (SSSR count). The third-order valence-corrected chi connectivity index (χ3v) is 6.40. The molecule has 0 spiro atoms. The van der Waals surface area contributed by atoms with E-state index in [1.807, 2.05) is 54.6 Å². The predicted octanol–water partition coefficient (Wildman–Crippen LogP) is 7.46. The number of rotatable bonds is 10. The number of halogens is 1. The highest BCUT2D eigenvalue weighted by Crippen LogP contribution is 2.38. The number of nitrogens with one attached hydrogen (secondary N) is 2. The summed E-state index contributed by atoms with van der Waals surface area (Å²) in [5.41, 5.74) is 13.0. The number of nitrogens with two attached hydrogens (primary N) is 1. The summed E-state index contributed by atoms with van der Waals surface area (Å²) >= 11 is 6.02. The van der Waals surface area contributed by atoms with Crippen LogP contribution in [0.3, 0.4) is 0 Å². The maximum atomic E-state index is 12.3. The average Bonchev–Trinajstić information content (AvgIpc) is 2.88. The quantitative estimate of drug-likeness (QED) is 0.200. The Morgan fingerprint density at radius 2 is 1.64 bits per heavy atom. The summed E-state index contributed by atoms with van der Waals surface area (Å²) in [6, 6.07) is 23.1. The van der Waals surface area contributed by atoms with E-state index in [0.29, 0.717) is 22.8 Å². The van der Waals surface area contributed by atoms with Crippen molar-refractivity contribution in [1.82, 2.24) is 0 Å². The van der Waals surface area contributed by atoms with Gasteiger partial charge in [-0.05, 0) is 60.9 Å². The molecule has 3 aromatic carbocycles. The Balaban J connectivity index is 1.35. The highest BCUT2D eigenvalue weighted by Gasteiger charge is 2.22. The number of carbonyl (C=O) groups excluding carboxylic acids is 1. The largest absolute Gasteiger partial charge is 0.397 e. The molecule has 1 amide bonds. The third-order valence-electron chi connectivity index (χ3n) is 6.15. The van der Waals surface area contributed by atoms with Crippen LogP contribution in [0.25, 0.3) is 5.57 Å². The van der Waals surface area contributed by atoms with Crippen LogP contribution in [0.2, 0.25) is 5.02 Å². The van der Waals surface area contributed by atoms with Crippen LogP contribution in [0.4, 0.5) is 22.7 Å². The number of benzene rings is 3. The second-order valence-corrected chi connectivity index (χ2v) is 9.22. The number of para-hydroxylation sites is 3. The number of carbonyl (C=O) groups is 1. The molecule has 0 saturated carbocycles. The molecule has 1 aliphatic heterocycles. The van der Waals surface area contributed by atoms with Crippen molar-refractivity contribution in [2.45, 2.75) is 25.7 Å². The second-order valence-electron chi connectivity index (χ2n) is 8.79. The van der Waals surface area contributed by atoms with Gasteiger partial charge in [-0.25, -0.2) is 0 Å². The van der Waals surface area contributed by atoms with Gasteiger partial charge in [-0.2, -0.15) is 0 Å². The van der Waals surface area contributed by atoms with Gasteiger partial charge < -0.3 is 21.3 Å². The lowest BCUT2D eigenvalue weighted by molar-refractivity contribution is -0.116. The predicted molar refractivity (Wildman–Crippen MR) is 153 cm³/mol. The summed E-state index contributed by atoms with van der Waals surface area (Å²) in [6.07, 6.45) is 5.26. The zero-order valence-corrected chi connectivity index (χ0v) is 21.0. The van der Waals surface area contributed by atoms with E-state index >= 15 is 0 Å². The van der Waals surface area contributed by atoms with Gasteiger partial charge in [0.25, 0.3) is 0 Å². The summed E-state index contributed by atoms with van der Waals surface area (Å²) in [6.45, 7) is 9.45. The van der Waals surface area contributed by atoms with Crippen LogP contribution in [0, 0.1) is 0 Å². The van der Waals surface area contributed by atoms with E-state index in [1.54, 1.807) is 6.07 Å². The molecule has 5 nitrogen and oxygen atoms in total. The zero-order valence-electron chi connectivity index (χ0n) is 20.3. The summed E-state index contributed by atoms with van der Waals surface area (Å²) in [5, 5.41) is 6.95. The lowest BCUT2D eigenvalue weighted by atomic mass is 9.92. The van der Waals surface area contributed by atoms with Gasteiger partial charge in [0.1, 0.15) is 0 Å². The van der Waals surface area contributed by atoms with Gasteiger partial charge in [0.05, 0.1) is 11.4 Å². The van der Waals surface area contributed by atoms with Crippen molar-refractivity contribution >= 4 is 45.8 Å². The summed E-state index contributed by atoms with van der Waals surface area (Å²) in [7, 11) is 0. The van der Waals surface area contributed by atoms with Crippen molar-refractivity contribution in [3.63, 3.8) is 0 Å². The Hall–Kier alpha value is -3.96. The average molecular weight is 499 g/mol. The Morgan fingerprint density at radius 3 is 2.42 bits per heavy atom. The Labute approximate surface area is 218 Å². The van der Waals surface area contributed by atoms with Gasteiger partial charge in [-0.1, -0.05) is 61.5 Å². The van der Waals surface area contributed by atoms with Crippen LogP contribution in [-0.2, 0) is 4.79 Å². The molecule has 4 N–H and O–H groups in total. The zero-order chi connectivity index (χ0) is 25.5. The minimum Gasteiger partial charge on any atom is -0.397 e. The van der Waals surface area contributed by atoms with Crippen LogP contribution < -0.4 is 21.3 Å². The Kier molecular flexibility index (Phi) is 8.13. The van der Waals surface area contributed by atoms with E-state index in [4.69, 9.17) is 17.3 Å². The molecule has 0 unspecified atom stereocenters. The number of allylic oxidation sites excluding steroid dienone is 1. The molecule has 1 aliphatic rings. The van der Waals surface area contributed by atoms with Crippen molar-refractivity contribution < 1.29 is 4.79 Å². The summed E-state index contributed by atoms with van der Waals surface area (Å²) in [4.78, 5) is 14.5. The number of fused-ring (bicyclic) bond motifs is 1. The lowest BCUT2D eigenvalue weighted by Gasteiger charge is -2.31. The van der Waals surface area contributed by atoms with E-state index in [9.17, 15) is 4.79 Å². The molecular weight excluding hydrogens is 468 g/mol. The molecule has 0 saturated heterocycles. The number of amides is 1. The molecule has 0 bridgehead atoms. The van der Waals surface area contributed by atoms with Crippen molar-refractivity contribution in [3.05, 3.63) is 114 Å². The molecule has 36 heavy (non-hydrogen) atoms. The number of nitrogen functional groups attached to an aromatic ring is 1. The van der Waals surface area contributed by atoms with E-state index in [0.717, 1.165) is 59.6 Å². The van der Waals surface area contributed by atoms with E-state index in [2.05, 4.69) is 47.0 Å². The molecule has 3 aromatic rings. The first-order valence-electron chi connectivity index (χ1n) is 12.1. The molecule has 0 fully saturated rings. The van der Waals surface area contributed by atoms with Gasteiger partial charge in [0.2, 0.25) is 5.91 Å². The molecule has 0 aromatic heterocycles. The highest BCUT2D eigenvalue weighted by atomic mass is 35.5. The normalized spacial score (nSPS) is 12.5. The lowest BCUT2D eigenvalue weighted by Crippen LogP contribution is -2.24. The van der Waals surface area contributed by atoms with Gasteiger partial charge in [-0.15, -0.1) is 0 Å². The fourth-order valence-corrected chi connectivity index (χ4v) is 4.34.